The van der Waals surface area contributed by atoms with Gasteiger partial charge in [0.15, 0.2) is 0 Å². The van der Waals surface area contributed by atoms with Crippen molar-refractivity contribution < 1.29 is 4.79 Å². The molecule has 0 saturated heterocycles. The Morgan fingerprint density at radius 3 is 2.60 bits per heavy atom. The summed E-state index contributed by atoms with van der Waals surface area (Å²) in [4.78, 5) is 13.7. The normalized spacial score (nSPS) is 12.4. The number of fused-ring (bicyclic) bond motifs is 1. The van der Waals surface area contributed by atoms with E-state index >= 15 is 0 Å². The second kappa shape index (κ2) is 5.33. The lowest BCUT2D eigenvalue weighted by molar-refractivity contribution is 0.555. The lowest BCUT2D eigenvalue weighted by atomic mass is 9.92. The van der Waals surface area contributed by atoms with Gasteiger partial charge in [0.05, 0.1) is 0 Å². The number of hydrogen-bond donors (Lipinski definition) is 1. The van der Waals surface area contributed by atoms with E-state index in [1.807, 2.05) is 24.5 Å². The molecule has 2 nitrogen and oxygen atoms in total. The van der Waals surface area contributed by atoms with Crippen LogP contribution in [-0.2, 0) is 11.2 Å². The van der Waals surface area contributed by atoms with E-state index in [4.69, 9.17) is 0 Å². The zero-order chi connectivity index (χ0) is 13.9. The zero-order valence-corrected chi connectivity index (χ0v) is 11.4. The van der Waals surface area contributed by atoms with Crippen LogP contribution in [0.1, 0.15) is 29.5 Å². The van der Waals surface area contributed by atoms with Gasteiger partial charge in [0.1, 0.15) is 0 Å². The van der Waals surface area contributed by atoms with Crippen LogP contribution >= 0.6 is 0 Å². The van der Waals surface area contributed by atoms with E-state index in [0.717, 1.165) is 5.56 Å². The Balaban J connectivity index is 1.95. The van der Waals surface area contributed by atoms with Gasteiger partial charge in [-0.25, -0.2) is 0 Å². The summed E-state index contributed by atoms with van der Waals surface area (Å²) >= 11 is 0. The lowest BCUT2D eigenvalue weighted by Crippen LogP contribution is -1.96. The van der Waals surface area contributed by atoms with Crippen molar-refractivity contribution in [3.05, 3.63) is 71.4 Å². The Kier molecular flexibility index (Phi) is 3.38. The summed E-state index contributed by atoms with van der Waals surface area (Å²) in [6.45, 7) is 2.20. The molecule has 1 atom stereocenters. The molecule has 1 radical (unpaired) electrons. The highest BCUT2D eigenvalue weighted by atomic mass is 16.1. The topological polar surface area (TPSA) is 32.9 Å². The first-order valence-corrected chi connectivity index (χ1v) is 6.79. The number of nitrogens with one attached hydrogen (secondary N) is 1. The van der Waals surface area contributed by atoms with Crippen LogP contribution in [-0.4, -0.2) is 11.3 Å². The second-order valence-electron chi connectivity index (χ2n) is 5.07. The van der Waals surface area contributed by atoms with Crippen molar-refractivity contribution in [3.63, 3.8) is 0 Å². The van der Waals surface area contributed by atoms with E-state index in [9.17, 15) is 4.79 Å². The number of carbonyl (C=O) groups excluding carboxylic acids is 1. The highest BCUT2D eigenvalue weighted by Crippen LogP contribution is 2.30. The molecule has 2 heteroatoms. The summed E-state index contributed by atoms with van der Waals surface area (Å²) in [6.07, 6.45) is 4.38. The maximum Gasteiger partial charge on any atom is 0.203 e. The Bertz CT molecular complexity index is 725. The molecule has 0 aliphatic carbocycles. The first-order chi connectivity index (χ1) is 9.79. The zero-order valence-electron chi connectivity index (χ0n) is 11.4. The molecule has 3 rings (SSSR count). The Hall–Kier alpha value is -2.35. The van der Waals surface area contributed by atoms with E-state index in [-0.39, 0.29) is 0 Å². The molecule has 99 valence electrons. The van der Waals surface area contributed by atoms with E-state index in [1.165, 1.54) is 22.0 Å². The van der Waals surface area contributed by atoms with Crippen LogP contribution in [0.2, 0.25) is 0 Å². The molecular formula is C18H16NO. The van der Waals surface area contributed by atoms with E-state index in [0.29, 0.717) is 12.3 Å². The number of rotatable bonds is 4. The molecule has 0 aliphatic heterocycles. The molecule has 1 aromatic heterocycles. The standard InChI is InChI=1S/C18H16NO/c1-13(15-8-6-14(7-9-15)10-11-20)17-12-19-18-5-3-2-4-16(17)18/h2-9,12-13,19H,10H2,1H3. The average Bonchev–Trinajstić information content (AvgIpc) is 2.92. The molecule has 1 N–H and O–H groups in total. The monoisotopic (exact) mass is 262 g/mol. The van der Waals surface area contributed by atoms with Crippen molar-refractivity contribution in [2.75, 3.05) is 0 Å². The van der Waals surface area contributed by atoms with Gasteiger partial charge < -0.3 is 4.98 Å². The first kappa shape index (κ1) is 12.7. The van der Waals surface area contributed by atoms with Gasteiger partial charge in [-0.3, -0.25) is 4.79 Å². The van der Waals surface area contributed by atoms with E-state index < -0.39 is 0 Å². The number of benzene rings is 2. The Labute approximate surface area is 118 Å². The molecule has 0 saturated carbocycles. The van der Waals surface area contributed by atoms with Crippen LogP contribution in [0.4, 0.5) is 0 Å². The van der Waals surface area contributed by atoms with Gasteiger partial charge in [0.25, 0.3) is 0 Å². The van der Waals surface area contributed by atoms with Crippen molar-refractivity contribution >= 4 is 17.2 Å². The van der Waals surface area contributed by atoms with Crippen molar-refractivity contribution in [2.24, 2.45) is 0 Å². The van der Waals surface area contributed by atoms with Crippen LogP contribution in [0.15, 0.2) is 54.7 Å². The average molecular weight is 262 g/mol. The van der Waals surface area contributed by atoms with E-state index in [1.54, 1.807) is 0 Å². The summed E-state index contributed by atoms with van der Waals surface area (Å²) in [5.74, 6) is 0.320. The maximum atomic E-state index is 10.4. The maximum absolute atomic E-state index is 10.4. The summed E-state index contributed by atoms with van der Waals surface area (Å²) in [7, 11) is 0. The van der Waals surface area contributed by atoms with Crippen LogP contribution in [0.5, 0.6) is 0 Å². The number of H-pyrrole nitrogens is 1. The van der Waals surface area contributed by atoms with Gasteiger partial charge in [-0.1, -0.05) is 49.4 Å². The van der Waals surface area contributed by atoms with Crippen LogP contribution in [0.3, 0.4) is 0 Å². The summed E-state index contributed by atoms with van der Waals surface area (Å²) in [5.41, 5.74) is 4.73. The highest BCUT2D eigenvalue weighted by molar-refractivity contribution is 5.84. The summed E-state index contributed by atoms with van der Waals surface area (Å²) < 4.78 is 0. The van der Waals surface area contributed by atoms with Gasteiger partial charge in [0, 0.05) is 29.4 Å². The predicted molar refractivity (Wildman–Crippen MR) is 81.7 cm³/mol. The largest absolute Gasteiger partial charge is 0.361 e. The Morgan fingerprint density at radius 2 is 1.85 bits per heavy atom. The van der Waals surface area contributed by atoms with Gasteiger partial charge >= 0.3 is 0 Å². The van der Waals surface area contributed by atoms with Crippen LogP contribution in [0, 0.1) is 0 Å². The Morgan fingerprint density at radius 1 is 1.10 bits per heavy atom. The molecule has 0 bridgehead atoms. The number of para-hydroxylation sites is 1. The molecule has 0 aliphatic rings. The molecule has 0 amide bonds. The summed E-state index contributed by atoms with van der Waals surface area (Å²) in [6, 6.07) is 16.5. The van der Waals surface area contributed by atoms with Crippen molar-refractivity contribution in [1.29, 1.82) is 0 Å². The minimum atomic E-state index is 0.320. The lowest BCUT2D eigenvalue weighted by Gasteiger charge is -2.11. The van der Waals surface area contributed by atoms with Crippen molar-refractivity contribution in [3.8, 4) is 0 Å². The van der Waals surface area contributed by atoms with Gasteiger partial charge in [-0.2, -0.15) is 0 Å². The minimum absolute atomic E-state index is 0.320. The SMILES string of the molecule is CC(c1ccc(C[C]=O)cc1)c1c[nH]c2ccccc12. The number of hydrogen-bond acceptors (Lipinski definition) is 1. The molecule has 20 heavy (non-hydrogen) atoms. The summed E-state index contributed by atoms with van der Waals surface area (Å²) in [5, 5.41) is 1.27. The highest BCUT2D eigenvalue weighted by Gasteiger charge is 2.12. The molecule has 1 unspecified atom stereocenters. The van der Waals surface area contributed by atoms with Gasteiger partial charge in [0.2, 0.25) is 6.29 Å². The van der Waals surface area contributed by atoms with Crippen LogP contribution < -0.4 is 0 Å². The van der Waals surface area contributed by atoms with E-state index in [2.05, 4.69) is 48.4 Å². The van der Waals surface area contributed by atoms with Gasteiger partial charge in [-0.05, 0) is 22.8 Å². The van der Waals surface area contributed by atoms with Crippen molar-refractivity contribution in [2.45, 2.75) is 19.3 Å². The quantitative estimate of drug-likeness (QED) is 0.758. The molecular weight excluding hydrogens is 246 g/mol. The third-order valence-corrected chi connectivity index (χ3v) is 3.84. The minimum Gasteiger partial charge on any atom is -0.361 e. The molecule has 0 fully saturated rings. The number of aromatic amines is 1. The number of aromatic nitrogens is 1. The third-order valence-electron chi connectivity index (χ3n) is 3.84. The molecule has 2 aromatic carbocycles. The van der Waals surface area contributed by atoms with Crippen LogP contribution in [0.25, 0.3) is 10.9 Å². The van der Waals surface area contributed by atoms with Gasteiger partial charge in [-0.15, -0.1) is 0 Å². The molecule has 3 aromatic rings. The second-order valence-corrected chi connectivity index (χ2v) is 5.07. The fraction of sp³-hybridized carbons (Fsp3) is 0.167. The predicted octanol–water partition coefficient (Wildman–Crippen LogP) is 3.97. The fourth-order valence-corrected chi connectivity index (χ4v) is 2.64. The smallest absolute Gasteiger partial charge is 0.203 e. The van der Waals surface area contributed by atoms with Crippen molar-refractivity contribution in [1.82, 2.24) is 4.98 Å². The fourth-order valence-electron chi connectivity index (χ4n) is 2.64. The molecule has 0 spiro atoms. The first-order valence-electron chi connectivity index (χ1n) is 6.79. The third kappa shape index (κ3) is 2.25. The molecule has 1 heterocycles.